The molecule has 2 atom stereocenters. The van der Waals surface area contributed by atoms with Crippen LogP contribution < -0.4 is 16.0 Å². The van der Waals surface area contributed by atoms with Gasteiger partial charge in [-0.2, -0.15) is 0 Å². The Labute approximate surface area is 152 Å². The second-order valence-corrected chi connectivity index (χ2v) is 9.40. The first-order chi connectivity index (χ1) is 11.8. The lowest BCUT2D eigenvalue weighted by molar-refractivity contribution is -0.116. The van der Waals surface area contributed by atoms with E-state index in [9.17, 15) is 9.00 Å². The SMILES string of the molecule is CN=C(NCCS(=O)C(C)(C)C)NCC1CC(=O)Nc2ccccc21. The molecule has 6 nitrogen and oxygen atoms in total. The lowest BCUT2D eigenvalue weighted by Crippen LogP contribution is -2.42. The predicted octanol–water partition coefficient (Wildman–Crippen LogP) is 1.82. The van der Waals surface area contributed by atoms with E-state index >= 15 is 0 Å². The maximum absolute atomic E-state index is 12.1. The molecule has 0 aromatic heterocycles. The highest BCUT2D eigenvalue weighted by atomic mass is 32.2. The van der Waals surface area contributed by atoms with E-state index in [1.54, 1.807) is 7.05 Å². The first kappa shape index (κ1) is 19.4. The van der Waals surface area contributed by atoms with Gasteiger partial charge in [0.1, 0.15) is 0 Å². The Hall–Kier alpha value is -1.89. The fraction of sp³-hybridized carbons (Fsp3) is 0.556. The van der Waals surface area contributed by atoms with Gasteiger partial charge in [0, 0.05) is 59.5 Å². The number of amides is 1. The minimum absolute atomic E-state index is 0.0361. The second kappa shape index (κ2) is 8.47. The molecule has 1 aliphatic heterocycles. The summed E-state index contributed by atoms with van der Waals surface area (Å²) in [5.74, 6) is 1.37. The third-order valence-electron chi connectivity index (χ3n) is 4.11. The highest BCUT2D eigenvalue weighted by molar-refractivity contribution is 7.86. The Morgan fingerprint density at radius 2 is 2.04 bits per heavy atom. The first-order valence-corrected chi connectivity index (χ1v) is 9.85. The van der Waals surface area contributed by atoms with Crippen LogP contribution in [0.2, 0.25) is 0 Å². The van der Waals surface area contributed by atoms with E-state index < -0.39 is 10.8 Å². The normalized spacial score (nSPS) is 19.0. The molecule has 1 aliphatic rings. The number of carbonyl (C=O) groups is 1. The van der Waals surface area contributed by atoms with Crippen molar-refractivity contribution in [3.63, 3.8) is 0 Å². The smallest absolute Gasteiger partial charge is 0.225 e. The summed E-state index contributed by atoms with van der Waals surface area (Å²) in [6.45, 7) is 7.13. The Bertz CT molecular complexity index is 667. The summed E-state index contributed by atoms with van der Waals surface area (Å²) in [6, 6.07) is 7.88. The molecule has 1 aromatic rings. The number of aliphatic imine (C=N–C) groups is 1. The van der Waals surface area contributed by atoms with Crippen LogP contribution in [0, 0.1) is 0 Å². The number of nitrogens with zero attached hydrogens (tertiary/aromatic N) is 1. The van der Waals surface area contributed by atoms with Crippen molar-refractivity contribution in [2.24, 2.45) is 4.99 Å². The number of hydrogen-bond acceptors (Lipinski definition) is 3. The van der Waals surface area contributed by atoms with Gasteiger partial charge in [-0.05, 0) is 32.4 Å². The van der Waals surface area contributed by atoms with Crippen LogP contribution in [0.15, 0.2) is 29.3 Å². The van der Waals surface area contributed by atoms with Gasteiger partial charge in [0.05, 0.1) is 0 Å². The van der Waals surface area contributed by atoms with E-state index in [2.05, 4.69) is 20.9 Å². The van der Waals surface area contributed by atoms with Crippen molar-refractivity contribution in [2.45, 2.75) is 37.9 Å². The van der Waals surface area contributed by atoms with Crippen molar-refractivity contribution < 1.29 is 9.00 Å². The van der Waals surface area contributed by atoms with Gasteiger partial charge in [-0.1, -0.05) is 18.2 Å². The third-order valence-corrected chi connectivity index (χ3v) is 6.05. The van der Waals surface area contributed by atoms with E-state index in [-0.39, 0.29) is 16.6 Å². The van der Waals surface area contributed by atoms with Gasteiger partial charge in [0.25, 0.3) is 0 Å². The van der Waals surface area contributed by atoms with Crippen LogP contribution in [-0.4, -0.2) is 46.7 Å². The molecule has 3 N–H and O–H groups in total. The van der Waals surface area contributed by atoms with Crippen LogP contribution in [0.5, 0.6) is 0 Å². The Morgan fingerprint density at radius 3 is 2.72 bits per heavy atom. The van der Waals surface area contributed by atoms with Gasteiger partial charge in [-0.3, -0.25) is 14.0 Å². The number of anilines is 1. The zero-order valence-electron chi connectivity index (χ0n) is 15.4. The quantitative estimate of drug-likeness (QED) is 0.550. The summed E-state index contributed by atoms with van der Waals surface area (Å²) in [5, 5.41) is 9.37. The zero-order chi connectivity index (χ0) is 18.4. The van der Waals surface area contributed by atoms with Gasteiger partial charge >= 0.3 is 0 Å². The van der Waals surface area contributed by atoms with Crippen LogP contribution in [-0.2, 0) is 15.6 Å². The van der Waals surface area contributed by atoms with Crippen molar-refractivity contribution in [1.82, 2.24) is 10.6 Å². The average Bonchev–Trinajstić information content (AvgIpc) is 2.56. The molecule has 0 aliphatic carbocycles. The van der Waals surface area contributed by atoms with E-state index in [1.165, 1.54) is 0 Å². The van der Waals surface area contributed by atoms with Crippen molar-refractivity contribution in [3.8, 4) is 0 Å². The minimum atomic E-state index is -0.897. The number of nitrogens with one attached hydrogen (secondary N) is 3. The van der Waals surface area contributed by atoms with E-state index in [1.807, 2.05) is 45.0 Å². The van der Waals surface area contributed by atoms with Gasteiger partial charge in [0.15, 0.2) is 5.96 Å². The highest BCUT2D eigenvalue weighted by Gasteiger charge is 2.24. The highest BCUT2D eigenvalue weighted by Crippen LogP contribution is 2.31. The largest absolute Gasteiger partial charge is 0.356 e. The molecular formula is C18H28N4O2S. The van der Waals surface area contributed by atoms with Crippen LogP contribution in [0.3, 0.4) is 0 Å². The van der Waals surface area contributed by atoms with E-state index in [4.69, 9.17) is 0 Å². The molecular weight excluding hydrogens is 336 g/mol. The molecule has 0 saturated heterocycles. The first-order valence-electron chi connectivity index (χ1n) is 8.53. The Morgan fingerprint density at radius 1 is 1.32 bits per heavy atom. The maximum Gasteiger partial charge on any atom is 0.225 e. The average molecular weight is 365 g/mol. The monoisotopic (exact) mass is 364 g/mol. The molecule has 1 amide bonds. The lowest BCUT2D eigenvalue weighted by Gasteiger charge is -2.26. The summed E-state index contributed by atoms with van der Waals surface area (Å²) in [6.07, 6.45) is 0.453. The molecule has 0 bridgehead atoms. The number of benzene rings is 1. The fourth-order valence-corrected chi connectivity index (χ4v) is 3.59. The molecule has 138 valence electrons. The van der Waals surface area contributed by atoms with Crippen LogP contribution >= 0.6 is 0 Å². The zero-order valence-corrected chi connectivity index (χ0v) is 16.2. The Kier molecular flexibility index (Phi) is 6.58. The summed E-state index contributed by atoms with van der Waals surface area (Å²) >= 11 is 0. The van der Waals surface area contributed by atoms with Crippen LogP contribution in [0.25, 0.3) is 0 Å². The topological polar surface area (TPSA) is 82.6 Å². The molecule has 0 fully saturated rings. The second-order valence-electron chi connectivity index (χ2n) is 7.08. The van der Waals surface area contributed by atoms with Crippen LogP contribution in [0.1, 0.15) is 38.7 Å². The van der Waals surface area contributed by atoms with Gasteiger partial charge in [-0.25, -0.2) is 0 Å². The summed E-state index contributed by atoms with van der Waals surface area (Å²) < 4.78 is 11.9. The standard InChI is InChI=1S/C18H28N4O2S/c1-18(2,3)25(24)10-9-20-17(19-4)21-12-13-11-16(23)22-15-8-6-5-7-14(13)15/h5-8,13H,9-12H2,1-4H3,(H,22,23)(H2,19,20,21). The van der Waals surface area contributed by atoms with Crippen molar-refractivity contribution in [1.29, 1.82) is 0 Å². The molecule has 1 aromatic carbocycles. The number of fused-ring (bicyclic) bond motifs is 1. The fourth-order valence-electron chi connectivity index (χ4n) is 2.69. The molecule has 2 unspecified atom stereocenters. The van der Waals surface area contributed by atoms with Gasteiger partial charge < -0.3 is 16.0 Å². The number of para-hydroxylation sites is 1. The molecule has 0 spiro atoms. The van der Waals surface area contributed by atoms with Crippen molar-refractivity contribution in [3.05, 3.63) is 29.8 Å². The molecule has 7 heteroatoms. The van der Waals surface area contributed by atoms with E-state index in [0.29, 0.717) is 31.2 Å². The molecule has 25 heavy (non-hydrogen) atoms. The summed E-state index contributed by atoms with van der Waals surface area (Å²) in [4.78, 5) is 16.1. The number of carbonyl (C=O) groups excluding carboxylic acids is 1. The van der Waals surface area contributed by atoms with Gasteiger partial charge in [-0.15, -0.1) is 0 Å². The number of hydrogen-bond donors (Lipinski definition) is 3. The molecule has 1 heterocycles. The van der Waals surface area contributed by atoms with Crippen molar-refractivity contribution in [2.75, 3.05) is 31.2 Å². The molecule has 2 rings (SSSR count). The maximum atomic E-state index is 12.1. The van der Waals surface area contributed by atoms with Crippen molar-refractivity contribution >= 4 is 28.4 Å². The molecule has 0 saturated carbocycles. The lowest BCUT2D eigenvalue weighted by atomic mass is 9.90. The van der Waals surface area contributed by atoms with Crippen LogP contribution in [0.4, 0.5) is 5.69 Å². The number of rotatable bonds is 5. The molecule has 0 radical (unpaired) electrons. The van der Waals surface area contributed by atoms with Gasteiger partial charge in [0.2, 0.25) is 5.91 Å². The third kappa shape index (κ3) is 5.56. The minimum Gasteiger partial charge on any atom is -0.356 e. The van der Waals surface area contributed by atoms with E-state index in [0.717, 1.165) is 11.3 Å². The Balaban J connectivity index is 1.87. The number of guanidine groups is 1. The predicted molar refractivity (Wildman–Crippen MR) is 105 cm³/mol. The summed E-state index contributed by atoms with van der Waals surface area (Å²) in [5.41, 5.74) is 2.02. The summed E-state index contributed by atoms with van der Waals surface area (Å²) in [7, 11) is 0.809.